The summed E-state index contributed by atoms with van der Waals surface area (Å²) in [5.41, 5.74) is 0.567. The quantitative estimate of drug-likeness (QED) is 0.675. The summed E-state index contributed by atoms with van der Waals surface area (Å²) >= 11 is 11.9. The molecule has 0 aliphatic rings. The average molecular weight is 397 g/mol. The van der Waals surface area contributed by atoms with Crippen molar-refractivity contribution in [2.75, 3.05) is 4.72 Å². The third-order valence-corrected chi connectivity index (χ3v) is 5.43. The fourth-order valence-corrected chi connectivity index (χ4v) is 4.13. The molecule has 0 aliphatic carbocycles. The Morgan fingerprint density at radius 3 is 2.40 bits per heavy atom. The van der Waals surface area contributed by atoms with Gasteiger partial charge in [0.25, 0.3) is 10.0 Å². The van der Waals surface area contributed by atoms with Gasteiger partial charge in [-0.1, -0.05) is 41.4 Å². The highest BCUT2D eigenvalue weighted by atomic mass is 35.5. The lowest BCUT2D eigenvalue weighted by molar-refractivity contribution is 0.599. The predicted molar refractivity (Wildman–Crippen MR) is 96.9 cm³/mol. The molecule has 3 aromatic rings. The second-order valence-electron chi connectivity index (χ2n) is 5.06. The first-order valence-electron chi connectivity index (χ1n) is 7.06. The summed E-state index contributed by atoms with van der Waals surface area (Å²) in [5, 5.41) is 0.0567. The van der Waals surface area contributed by atoms with Gasteiger partial charge in [0, 0.05) is 28.5 Å². The van der Waals surface area contributed by atoms with Crippen LogP contribution in [0.15, 0.2) is 65.8 Å². The first kappa shape index (κ1) is 17.7. The fraction of sp³-hybridized carbons (Fsp3) is 0. The van der Waals surface area contributed by atoms with Gasteiger partial charge in [0.1, 0.15) is 0 Å². The van der Waals surface area contributed by atoms with Gasteiger partial charge in [-0.25, -0.2) is 12.8 Å². The summed E-state index contributed by atoms with van der Waals surface area (Å²) in [7, 11) is -4.11. The summed E-state index contributed by atoms with van der Waals surface area (Å²) < 4.78 is 41.9. The maximum Gasteiger partial charge on any atom is 0.262 e. The number of rotatable bonds is 4. The number of sulfonamides is 1. The van der Waals surface area contributed by atoms with E-state index in [1.54, 1.807) is 24.4 Å². The molecule has 4 nitrogen and oxygen atoms in total. The molecule has 0 radical (unpaired) electrons. The molecule has 8 heteroatoms. The number of halogens is 3. The van der Waals surface area contributed by atoms with Crippen LogP contribution in [0.4, 0.5) is 10.1 Å². The van der Waals surface area contributed by atoms with Gasteiger partial charge in [-0.3, -0.25) is 9.71 Å². The Morgan fingerprint density at radius 2 is 1.68 bits per heavy atom. The Hall–Kier alpha value is -2.15. The Balaban J connectivity index is 2.13. The summed E-state index contributed by atoms with van der Waals surface area (Å²) in [6.07, 6.45) is 3.06. The smallest absolute Gasteiger partial charge is 0.262 e. The standard InChI is InChI=1S/C17H11Cl2FN2O2S/c18-12-5-2-8-15(16(12)11-4-3-9-21-10-11)25(23,24)22-14-7-1-6-13(19)17(14)20/h1-10,22H. The van der Waals surface area contributed by atoms with Crippen LogP contribution in [-0.2, 0) is 10.0 Å². The number of nitrogens with one attached hydrogen (secondary N) is 1. The van der Waals surface area contributed by atoms with Gasteiger partial charge >= 0.3 is 0 Å². The van der Waals surface area contributed by atoms with E-state index in [9.17, 15) is 12.8 Å². The van der Waals surface area contributed by atoms with Gasteiger partial charge in [0.15, 0.2) is 5.82 Å². The van der Waals surface area contributed by atoms with Gasteiger partial charge in [0.05, 0.1) is 15.6 Å². The minimum Gasteiger partial charge on any atom is -0.277 e. The van der Waals surface area contributed by atoms with Crippen molar-refractivity contribution in [2.45, 2.75) is 4.90 Å². The van der Waals surface area contributed by atoms with Crippen LogP contribution < -0.4 is 4.72 Å². The highest BCUT2D eigenvalue weighted by Crippen LogP contribution is 2.35. The third kappa shape index (κ3) is 3.61. The monoisotopic (exact) mass is 396 g/mol. The number of pyridine rings is 1. The van der Waals surface area contributed by atoms with Crippen molar-refractivity contribution in [2.24, 2.45) is 0 Å². The van der Waals surface area contributed by atoms with E-state index >= 15 is 0 Å². The van der Waals surface area contributed by atoms with Crippen molar-refractivity contribution >= 4 is 38.9 Å². The molecule has 128 valence electrons. The Labute approximate surface area is 154 Å². The van der Waals surface area contributed by atoms with Gasteiger partial charge < -0.3 is 0 Å². The van der Waals surface area contributed by atoms with Crippen molar-refractivity contribution in [1.29, 1.82) is 0 Å². The van der Waals surface area contributed by atoms with Crippen LogP contribution >= 0.6 is 23.2 Å². The molecule has 0 saturated carbocycles. The van der Waals surface area contributed by atoms with Crippen LogP contribution in [0.5, 0.6) is 0 Å². The molecule has 25 heavy (non-hydrogen) atoms. The normalized spacial score (nSPS) is 11.3. The minimum absolute atomic E-state index is 0.0904. The molecule has 0 amide bonds. The molecule has 0 aliphatic heterocycles. The molecular weight excluding hydrogens is 386 g/mol. The lowest BCUT2D eigenvalue weighted by Crippen LogP contribution is -2.15. The van der Waals surface area contributed by atoms with Gasteiger partial charge in [-0.05, 0) is 30.3 Å². The van der Waals surface area contributed by atoms with Crippen molar-refractivity contribution < 1.29 is 12.8 Å². The molecular formula is C17H11Cl2FN2O2S. The second-order valence-corrected chi connectivity index (χ2v) is 7.53. The van der Waals surface area contributed by atoms with Crippen LogP contribution in [0.2, 0.25) is 10.0 Å². The topological polar surface area (TPSA) is 59.1 Å². The van der Waals surface area contributed by atoms with E-state index in [2.05, 4.69) is 9.71 Å². The zero-order valence-electron chi connectivity index (χ0n) is 12.6. The Kier molecular flexibility index (Phi) is 4.94. The lowest BCUT2D eigenvalue weighted by Gasteiger charge is -2.14. The first-order valence-corrected chi connectivity index (χ1v) is 9.30. The summed E-state index contributed by atoms with van der Waals surface area (Å²) in [6, 6.07) is 11.9. The number of benzene rings is 2. The Bertz CT molecular complexity index is 1030. The molecule has 0 fully saturated rings. The number of aromatic nitrogens is 1. The van der Waals surface area contributed by atoms with Crippen molar-refractivity contribution in [3.05, 3.63) is 76.8 Å². The van der Waals surface area contributed by atoms with E-state index in [1.807, 2.05) is 0 Å². The van der Waals surface area contributed by atoms with Gasteiger partial charge in [0.2, 0.25) is 0 Å². The van der Waals surface area contributed by atoms with Crippen molar-refractivity contribution in [3.8, 4) is 11.1 Å². The highest BCUT2D eigenvalue weighted by Gasteiger charge is 2.23. The zero-order valence-corrected chi connectivity index (χ0v) is 14.9. The fourth-order valence-electron chi connectivity index (χ4n) is 2.30. The first-order chi connectivity index (χ1) is 11.9. The van der Waals surface area contributed by atoms with E-state index in [0.717, 1.165) is 0 Å². The van der Waals surface area contributed by atoms with Crippen LogP contribution in [0, 0.1) is 5.82 Å². The van der Waals surface area contributed by atoms with E-state index in [4.69, 9.17) is 23.2 Å². The molecule has 2 aromatic carbocycles. The minimum atomic E-state index is -4.11. The van der Waals surface area contributed by atoms with Crippen molar-refractivity contribution in [3.63, 3.8) is 0 Å². The SMILES string of the molecule is O=S(=O)(Nc1cccc(Cl)c1F)c1cccc(Cl)c1-c1cccnc1. The van der Waals surface area contributed by atoms with Crippen molar-refractivity contribution in [1.82, 2.24) is 4.98 Å². The third-order valence-electron chi connectivity index (χ3n) is 3.41. The van der Waals surface area contributed by atoms with E-state index in [1.165, 1.54) is 36.5 Å². The van der Waals surface area contributed by atoms with Crippen LogP contribution in [0.25, 0.3) is 11.1 Å². The van der Waals surface area contributed by atoms with E-state index in [-0.39, 0.29) is 26.2 Å². The molecule has 0 spiro atoms. The van der Waals surface area contributed by atoms with E-state index in [0.29, 0.717) is 5.56 Å². The maximum absolute atomic E-state index is 14.1. The zero-order chi connectivity index (χ0) is 18.0. The number of nitrogens with zero attached hydrogens (tertiary/aromatic N) is 1. The Morgan fingerprint density at radius 1 is 0.960 bits per heavy atom. The molecule has 3 rings (SSSR count). The van der Waals surface area contributed by atoms with Gasteiger partial charge in [-0.15, -0.1) is 0 Å². The molecule has 1 aromatic heterocycles. The largest absolute Gasteiger partial charge is 0.277 e. The number of hydrogen-bond donors (Lipinski definition) is 1. The number of anilines is 1. The molecule has 1 heterocycles. The van der Waals surface area contributed by atoms with Crippen LogP contribution in [0.1, 0.15) is 0 Å². The van der Waals surface area contributed by atoms with E-state index < -0.39 is 15.8 Å². The van der Waals surface area contributed by atoms with Crippen LogP contribution in [0.3, 0.4) is 0 Å². The average Bonchev–Trinajstić information content (AvgIpc) is 2.59. The lowest BCUT2D eigenvalue weighted by atomic mass is 10.1. The predicted octanol–water partition coefficient (Wildman–Crippen LogP) is 5.00. The molecule has 0 atom stereocenters. The molecule has 0 saturated heterocycles. The molecule has 0 bridgehead atoms. The summed E-state index contributed by atoms with van der Waals surface area (Å²) in [4.78, 5) is 3.89. The maximum atomic E-state index is 14.1. The summed E-state index contributed by atoms with van der Waals surface area (Å²) in [6.45, 7) is 0. The molecule has 1 N–H and O–H groups in total. The van der Waals surface area contributed by atoms with Gasteiger partial charge in [-0.2, -0.15) is 0 Å². The second kappa shape index (κ2) is 7.00. The summed E-state index contributed by atoms with van der Waals surface area (Å²) in [5.74, 6) is -0.849. The number of hydrogen-bond acceptors (Lipinski definition) is 3. The highest BCUT2D eigenvalue weighted by molar-refractivity contribution is 7.92. The molecule has 0 unspecified atom stereocenters. The van der Waals surface area contributed by atoms with Crippen LogP contribution in [-0.4, -0.2) is 13.4 Å².